The van der Waals surface area contributed by atoms with E-state index in [1.165, 1.54) is 44.1 Å². The van der Waals surface area contributed by atoms with Crippen molar-refractivity contribution in [2.24, 2.45) is 0 Å². The zero-order valence-corrected chi connectivity index (χ0v) is 13.2. The maximum atomic E-state index is 9.13. The van der Waals surface area contributed by atoms with Gasteiger partial charge in [-0.1, -0.05) is 51.2 Å². The first kappa shape index (κ1) is 17.9. The van der Waals surface area contributed by atoms with Crippen molar-refractivity contribution < 1.29 is 5.11 Å². The van der Waals surface area contributed by atoms with Gasteiger partial charge in [0.2, 0.25) is 0 Å². The third-order valence-electron chi connectivity index (χ3n) is 2.76. The van der Waals surface area contributed by atoms with Crippen LogP contribution in [0.2, 0.25) is 0 Å². The summed E-state index contributed by atoms with van der Waals surface area (Å²) < 4.78 is 0. The lowest BCUT2D eigenvalue weighted by Crippen LogP contribution is -1.85. The Hall–Kier alpha value is -0.0500. The van der Waals surface area contributed by atoms with Crippen LogP contribution in [0.3, 0.4) is 0 Å². The van der Waals surface area contributed by atoms with Gasteiger partial charge < -0.3 is 5.11 Å². The van der Waals surface area contributed by atoms with Gasteiger partial charge in [-0.05, 0) is 51.9 Å². The van der Waals surface area contributed by atoms with Crippen LogP contribution in [0.4, 0.5) is 0 Å². The van der Waals surface area contributed by atoms with E-state index < -0.39 is 0 Å². The molecule has 0 aliphatic heterocycles. The average Bonchev–Trinajstić information content (AvgIpc) is 2.37. The van der Waals surface area contributed by atoms with Gasteiger partial charge in [0, 0.05) is 0 Å². The molecule has 0 heterocycles. The number of hydrogen-bond donors (Lipinski definition) is 1. The van der Waals surface area contributed by atoms with Gasteiger partial charge in [0.15, 0.2) is 0 Å². The lowest BCUT2D eigenvalue weighted by Gasteiger charge is -2.02. The Morgan fingerprint density at radius 3 is 2.00 bits per heavy atom. The Bertz CT molecular complexity index is 278. The molecule has 1 nitrogen and oxygen atoms in total. The van der Waals surface area contributed by atoms with E-state index in [-0.39, 0.29) is 0 Å². The molecule has 1 aromatic rings. The molecule has 104 valence electrons. The number of unbranched alkanes of at least 4 members (excludes halogenated alkanes) is 5. The number of aryl methyl sites for hydroxylation is 1. The Morgan fingerprint density at radius 2 is 1.44 bits per heavy atom. The van der Waals surface area contributed by atoms with E-state index in [1.54, 1.807) is 12.1 Å². The normalized spacial score (nSPS) is 9.72. The van der Waals surface area contributed by atoms with Crippen LogP contribution in [0.5, 0.6) is 5.75 Å². The number of phenols is 1. The summed E-state index contributed by atoms with van der Waals surface area (Å²) >= 11 is 0. The van der Waals surface area contributed by atoms with Crippen molar-refractivity contribution in [2.45, 2.75) is 51.9 Å². The zero-order chi connectivity index (χ0) is 13.6. The van der Waals surface area contributed by atoms with Crippen LogP contribution in [0, 0.1) is 0 Å². The van der Waals surface area contributed by atoms with Crippen molar-refractivity contribution in [2.75, 3.05) is 0 Å². The number of rotatable bonds is 7. The third-order valence-corrected chi connectivity index (χ3v) is 2.76. The van der Waals surface area contributed by atoms with E-state index in [0.29, 0.717) is 15.9 Å². The molecule has 18 heavy (non-hydrogen) atoms. The predicted octanol–water partition coefficient (Wildman–Crippen LogP) is 6.32. The number of aromatic hydroxyl groups is 1. The first-order valence-corrected chi connectivity index (χ1v) is 8.88. The van der Waals surface area contributed by atoms with E-state index in [1.807, 2.05) is 12.1 Å². The zero-order valence-electron chi connectivity index (χ0n) is 10.9. The van der Waals surface area contributed by atoms with Crippen LogP contribution in [0.25, 0.3) is 0 Å². The summed E-state index contributed by atoms with van der Waals surface area (Å²) in [6, 6.07) is 7.57. The summed E-state index contributed by atoms with van der Waals surface area (Å²) in [4.78, 5) is 0. The molecule has 0 radical (unpaired) electrons. The standard InChI is InChI=1S/C14H22O.Cl2S/c1-2-3-4-5-6-7-8-13-9-11-14(15)12-10-13;1-3-2/h9-12,15H,2-8H2,1H3;. The lowest BCUT2D eigenvalue weighted by atomic mass is 10.1. The molecule has 0 aliphatic rings. The summed E-state index contributed by atoms with van der Waals surface area (Å²) in [5.74, 6) is 0.363. The fourth-order valence-corrected chi connectivity index (χ4v) is 1.77. The molecular weight excluding hydrogens is 287 g/mol. The van der Waals surface area contributed by atoms with Crippen LogP contribution in [0.15, 0.2) is 24.3 Å². The molecule has 0 spiro atoms. The van der Waals surface area contributed by atoms with E-state index in [9.17, 15) is 0 Å². The number of hydrogen-bond acceptors (Lipinski definition) is 2. The molecule has 0 unspecified atom stereocenters. The van der Waals surface area contributed by atoms with Gasteiger partial charge in [-0.3, -0.25) is 0 Å². The molecule has 0 bridgehead atoms. The minimum Gasteiger partial charge on any atom is -0.508 e. The van der Waals surface area contributed by atoms with Gasteiger partial charge >= 0.3 is 0 Å². The van der Waals surface area contributed by atoms with Crippen LogP contribution in [-0.4, -0.2) is 5.11 Å². The van der Waals surface area contributed by atoms with E-state index in [4.69, 9.17) is 5.11 Å². The predicted molar refractivity (Wildman–Crippen MR) is 84.5 cm³/mol. The van der Waals surface area contributed by atoms with Gasteiger partial charge in [-0.25, -0.2) is 0 Å². The number of halogens is 2. The van der Waals surface area contributed by atoms with Gasteiger partial charge in [-0.15, -0.1) is 0 Å². The maximum absolute atomic E-state index is 9.13. The second-order valence-electron chi connectivity index (χ2n) is 4.24. The Kier molecular flexibility index (Phi) is 13.3. The SMILES string of the molecule is CCCCCCCCc1ccc(O)cc1.ClSCl. The van der Waals surface area contributed by atoms with Crippen molar-refractivity contribution >= 4 is 31.6 Å². The van der Waals surface area contributed by atoms with Crippen molar-refractivity contribution in [3.63, 3.8) is 0 Å². The summed E-state index contributed by atoms with van der Waals surface area (Å²) in [6.07, 6.45) is 9.19. The third kappa shape index (κ3) is 11.1. The smallest absolute Gasteiger partial charge is 0.115 e. The largest absolute Gasteiger partial charge is 0.508 e. The number of phenolic OH excluding ortho intramolecular Hbond substituents is 1. The fraction of sp³-hybridized carbons (Fsp3) is 0.571. The number of benzene rings is 1. The van der Waals surface area contributed by atoms with Crippen molar-refractivity contribution in [3.8, 4) is 5.75 Å². The maximum Gasteiger partial charge on any atom is 0.115 e. The average molecular weight is 309 g/mol. The molecular formula is C14H22Cl2OS. The lowest BCUT2D eigenvalue weighted by molar-refractivity contribution is 0.475. The van der Waals surface area contributed by atoms with Crippen molar-refractivity contribution in [3.05, 3.63) is 29.8 Å². The Labute approximate surface area is 124 Å². The Morgan fingerprint density at radius 1 is 0.944 bits per heavy atom. The molecule has 0 saturated carbocycles. The first-order valence-electron chi connectivity index (χ1n) is 6.41. The molecule has 1 rings (SSSR count). The van der Waals surface area contributed by atoms with E-state index in [0.717, 1.165) is 6.42 Å². The van der Waals surface area contributed by atoms with Gasteiger partial charge in [0.25, 0.3) is 0 Å². The second kappa shape index (κ2) is 13.4. The summed E-state index contributed by atoms with van der Waals surface area (Å²) in [7, 11) is 10.1. The molecule has 0 aromatic heterocycles. The topological polar surface area (TPSA) is 20.2 Å². The molecule has 0 fully saturated rings. The highest BCUT2D eigenvalue weighted by Gasteiger charge is 1.94. The van der Waals surface area contributed by atoms with Crippen LogP contribution in [-0.2, 0) is 6.42 Å². The van der Waals surface area contributed by atoms with Crippen molar-refractivity contribution in [1.29, 1.82) is 0 Å². The summed E-state index contributed by atoms with van der Waals surface area (Å²) in [5, 5.41) is 9.13. The summed E-state index contributed by atoms with van der Waals surface area (Å²) in [5.41, 5.74) is 1.34. The Balaban J connectivity index is 0.000000873. The molecule has 0 atom stereocenters. The minimum absolute atomic E-state index is 0.363. The van der Waals surface area contributed by atoms with Gasteiger partial charge in [-0.2, -0.15) is 0 Å². The highest BCUT2D eigenvalue weighted by Crippen LogP contribution is 2.13. The second-order valence-corrected chi connectivity index (χ2v) is 5.76. The highest BCUT2D eigenvalue weighted by atomic mass is 36.0. The van der Waals surface area contributed by atoms with Crippen LogP contribution < -0.4 is 0 Å². The van der Waals surface area contributed by atoms with Gasteiger partial charge in [0.05, 0.1) is 10.2 Å². The molecule has 1 N–H and O–H groups in total. The molecule has 1 aromatic carbocycles. The molecule has 4 heteroatoms. The van der Waals surface area contributed by atoms with Gasteiger partial charge in [0.1, 0.15) is 5.75 Å². The van der Waals surface area contributed by atoms with E-state index >= 15 is 0 Å². The monoisotopic (exact) mass is 308 g/mol. The molecule has 0 amide bonds. The first-order chi connectivity index (χ1) is 8.74. The molecule has 0 aliphatic carbocycles. The molecule has 0 saturated heterocycles. The van der Waals surface area contributed by atoms with Crippen molar-refractivity contribution in [1.82, 2.24) is 0 Å². The van der Waals surface area contributed by atoms with Crippen LogP contribution in [0.1, 0.15) is 51.0 Å². The van der Waals surface area contributed by atoms with Crippen LogP contribution >= 0.6 is 31.6 Å². The highest BCUT2D eigenvalue weighted by molar-refractivity contribution is 8.38. The fourth-order valence-electron chi connectivity index (χ4n) is 1.77. The van der Waals surface area contributed by atoms with E-state index in [2.05, 4.69) is 28.3 Å². The summed E-state index contributed by atoms with van der Waals surface area (Å²) in [6.45, 7) is 2.25. The minimum atomic E-state index is 0.363. The quantitative estimate of drug-likeness (QED) is 0.594.